The maximum absolute atomic E-state index is 11.8. The number of nitrogens with zero attached hydrogens (tertiary/aromatic N) is 2. The molecule has 0 bridgehead atoms. The Morgan fingerprint density at radius 3 is 2.73 bits per heavy atom. The third kappa shape index (κ3) is 7.03. The number of hydrogen-bond acceptors (Lipinski definition) is 3. The highest BCUT2D eigenvalue weighted by Gasteiger charge is 2.27. The molecule has 1 fully saturated rings. The third-order valence-electron chi connectivity index (χ3n) is 4.34. The van der Waals surface area contributed by atoms with Crippen molar-refractivity contribution in [1.82, 2.24) is 14.9 Å². The first-order valence-electron chi connectivity index (χ1n) is 8.99. The van der Waals surface area contributed by atoms with Gasteiger partial charge in [-0.2, -0.15) is 0 Å². The molecular formula is C18H31IN4O2S. The molecule has 1 aromatic carbocycles. The number of aliphatic imine (C=N–C) groups is 1. The quantitative estimate of drug-likeness (QED) is 0.347. The molecule has 6 nitrogen and oxygen atoms in total. The number of rotatable bonds is 7. The Morgan fingerprint density at radius 2 is 2.12 bits per heavy atom. The maximum atomic E-state index is 11.8. The van der Waals surface area contributed by atoms with Crippen LogP contribution in [0.1, 0.15) is 37.3 Å². The van der Waals surface area contributed by atoms with E-state index in [1.807, 2.05) is 6.92 Å². The molecule has 8 heteroatoms. The van der Waals surface area contributed by atoms with Gasteiger partial charge in [-0.25, -0.2) is 12.7 Å². The van der Waals surface area contributed by atoms with Gasteiger partial charge in [-0.3, -0.25) is 4.99 Å². The summed E-state index contributed by atoms with van der Waals surface area (Å²) in [6, 6.07) is 8.49. The first-order chi connectivity index (χ1) is 11.9. The van der Waals surface area contributed by atoms with Crippen molar-refractivity contribution in [2.75, 3.05) is 38.5 Å². The van der Waals surface area contributed by atoms with E-state index in [9.17, 15) is 8.42 Å². The van der Waals surface area contributed by atoms with Crippen LogP contribution in [0.15, 0.2) is 29.3 Å². The Kier molecular flexibility index (Phi) is 9.88. The van der Waals surface area contributed by atoms with Crippen LogP contribution in [-0.2, 0) is 10.0 Å². The number of benzene rings is 1. The summed E-state index contributed by atoms with van der Waals surface area (Å²) < 4.78 is 25.2. The Labute approximate surface area is 174 Å². The van der Waals surface area contributed by atoms with Gasteiger partial charge in [-0.15, -0.1) is 24.0 Å². The average molecular weight is 494 g/mol. The molecule has 0 saturated carbocycles. The Bertz CT molecular complexity index is 694. The van der Waals surface area contributed by atoms with Gasteiger partial charge in [-0.1, -0.05) is 36.8 Å². The van der Waals surface area contributed by atoms with E-state index in [4.69, 9.17) is 0 Å². The van der Waals surface area contributed by atoms with Crippen molar-refractivity contribution >= 4 is 40.0 Å². The van der Waals surface area contributed by atoms with E-state index in [2.05, 4.69) is 53.7 Å². The summed E-state index contributed by atoms with van der Waals surface area (Å²) in [4.78, 5) is 4.65. The van der Waals surface area contributed by atoms with E-state index in [-0.39, 0.29) is 29.7 Å². The van der Waals surface area contributed by atoms with Gasteiger partial charge in [0.1, 0.15) is 0 Å². The minimum atomic E-state index is -3.03. The summed E-state index contributed by atoms with van der Waals surface area (Å²) in [6.45, 7) is 9.40. The van der Waals surface area contributed by atoms with Crippen LogP contribution in [0.4, 0.5) is 0 Å². The summed E-state index contributed by atoms with van der Waals surface area (Å²) in [5.41, 5.74) is 2.54. The summed E-state index contributed by atoms with van der Waals surface area (Å²) in [5.74, 6) is 1.34. The SMILES string of the molecule is CCNC(=NCC(C)c1cccc(C)c1)NCCN1CCCS1(=O)=O.I. The lowest BCUT2D eigenvalue weighted by Crippen LogP contribution is -2.42. The van der Waals surface area contributed by atoms with E-state index < -0.39 is 10.0 Å². The van der Waals surface area contributed by atoms with Gasteiger partial charge in [0, 0.05) is 38.6 Å². The zero-order chi connectivity index (χ0) is 18.3. The highest BCUT2D eigenvalue weighted by molar-refractivity contribution is 14.0. The number of halogens is 1. The highest BCUT2D eigenvalue weighted by atomic mass is 127. The number of sulfonamides is 1. The van der Waals surface area contributed by atoms with Crippen LogP contribution in [0.5, 0.6) is 0 Å². The Hall–Kier alpha value is -0.870. The van der Waals surface area contributed by atoms with Gasteiger partial charge in [0.25, 0.3) is 0 Å². The van der Waals surface area contributed by atoms with E-state index in [1.165, 1.54) is 11.1 Å². The largest absolute Gasteiger partial charge is 0.357 e. The maximum Gasteiger partial charge on any atom is 0.214 e. The first-order valence-corrected chi connectivity index (χ1v) is 10.6. The Morgan fingerprint density at radius 1 is 1.35 bits per heavy atom. The van der Waals surface area contributed by atoms with Crippen molar-refractivity contribution in [2.24, 2.45) is 4.99 Å². The van der Waals surface area contributed by atoms with Crippen LogP contribution in [-0.4, -0.2) is 57.2 Å². The van der Waals surface area contributed by atoms with Gasteiger partial charge < -0.3 is 10.6 Å². The molecule has 0 aromatic heterocycles. The molecule has 1 heterocycles. The second-order valence-electron chi connectivity index (χ2n) is 6.53. The lowest BCUT2D eigenvalue weighted by molar-refractivity contribution is 0.445. The van der Waals surface area contributed by atoms with Crippen LogP contribution in [0.25, 0.3) is 0 Å². The molecule has 1 aromatic rings. The monoisotopic (exact) mass is 494 g/mol. The van der Waals surface area contributed by atoms with Crippen LogP contribution in [0, 0.1) is 6.92 Å². The highest BCUT2D eigenvalue weighted by Crippen LogP contribution is 2.16. The van der Waals surface area contributed by atoms with E-state index >= 15 is 0 Å². The van der Waals surface area contributed by atoms with Crippen molar-refractivity contribution < 1.29 is 8.42 Å². The molecule has 0 radical (unpaired) electrons. The number of nitrogens with one attached hydrogen (secondary N) is 2. The van der Waals surface area contributed by atoms with E-state index in [1.54, 1.807) is 4.31 Å². The lowest BCUT2D eigenvalue weighted by atomic mass is 10.00. The van der Waals surface area contributed by atoms with Crippen molar-refractivity contribution in [3.8, 4) is 0 Å². The smallest absolute Gasteiger partial charge is 0.214 e. The zero-order valence-corrected chi connectivity index (χ0v) is 19.0. The van der Waals surface area contributed by atoms with Crippen LogP contribution < -0.4 is 10.6 Å². The lowest BCUT2D eigenvalue weighted by Gasteiger charge is -2.17. The van der Waals surface area contributed by atoms with Crippen molar-refractivity contribution in [2.45, 2.75) is 33.1 Å². The van der Waals surface area contributed by atoms with Crippen molar-refractivity contribution in [3.05, 3.63) is 35.4 Å². The van der Waals surface area contributed by atoms with Crippen LogP contribution >= 0.6 is 24.0 Å². The second-order valence-corrected chi connectivity index (χ2v) is 8.62. The molecule has 2 rings (SSSR count). The minimum absolute atomic E-state index is 0. The normalized spacial score (nSPS) is 18.2. The van der Waals surface area contributed by atoms with Gasteiger partial charge in [0.2, 0.25) is 10.0 Å². The molecular weight excluding hydrogens is 463 g/mol. The predicted molar refractivity (Wildman–Crippen MR) is 119 cm³/mol. The summed E-state index contributed by atoms with van der Waals surface area (Å²) in [6.07, 6.45) is 0.727. The summed E-state index contributed by atoms with van der Waals surface area (Å²) >= 11 is 0. The van der Waals surface area contributed by atoms with Gasteiger partial charge >= 0.3 is 0 Å². The van der Waals surface area contributed by atoms with Crippen molar-refractivity contribution in [3.63, 3.8) is 0 Å². The number of hydrogen-bond donors (Lipinski definition) is 2. The van der Waals surface area contributed by atoms with Crippen molar-refractivity contribution in [1.29, 1.82) is 0 Å². The zero-order valence-electron chi connectivity index (χ0n) is 15.9. The number of guanidine groups is 1. The third-order valence-corrected chi connectivity index (χ3v) is 6.29. The topological polar surface area (TPSA) is 73.8 Å². The molecule has 26 heavy (non-hydrogen) atoms. The van der Waals surface area contributed by atoms with E-state index in [0.29, 0.717) is 32.1 Å². The van der Waals surface area contributed by atoms with Crippen LogP contribution in [0.2, 0.25) is 0 Å². The van der Waals surface area contributed by atoms with Gasteiger partial charge in [0.15, 0.2) is 5.96 Å². The molecule has 1 aliphatic heterocycles. The summed E-state index contributed by atoms with van der Waals surface area (Å²) in [7, 11) is -3.03. The fourth-order valence-electron chi connectivity index (χ4n) is 2.89. The molecule has 0 aliphatic carbocycles. The van der Waals surface area contributed by atoms with E-state index in [0.717, 1.165) is 18.9 Å². The van der Waals surface area contributed by atoms with Crippen LogP contribution in [0.3, 0.4) is 0 Å². The molecule has 148 valence electrons. The first kappa shape index (κ1) is 23.2. The molecule has 1 atom stereocenters. The van der Waals surface area contributed by atoms with Gasteiger partial charge in [-0.05, 0) is 25.8 Å². The fraction of sp³-hybridized carbons (Fsp3) is 0.611. The standard InChI is InChI=1S/C18H30N4O2S.HI/c1-4-19-18(20-9-11-22-10-6-12-25(22,23)24)21-14-16(3)17-8-5-7-15(2)13-17;/h5,7-8,13,16H,4,6,9-12,14H2,1-3H3,(H2,19,20,21);1H. The predicted octanol–water partition coefficient (Wildman–Crippen LogP) is 2.31. The molecule has 1 unspecified atom stereocenters. The minimum Gasteiger partial charge on any atom is -0.357 e. The van der Waals surface area contributed by atoms with Gasteiger partial charge in [0.05, 0.1) is 5.75 Å². The molecule has 2 N–H and O–H groups in total. The molecule has 0 amide bonds. The average Bonchev–Trinajstić information content (AvgIpc) is 2.91. The Balaban J connectivity index is 0.00000338. The fourth-order valence-corrected chi connectivity index (χ4v) is 4.42. The number of aryl methyl sites for hydroxylation is 1. The molecule has 0 spiro atoms. The molecule has 1 saturated heterocycles. The summed E-state index contributed by atoms with van der Waals surface area (Å²) in [5, 5.41) is 6.45. The second kappa shape index (κ2) is 11.1. The molecule has 1 aliphatic rings.